The molecule has 0 unspecified atom stereocenters. The van der Waals surface area contributed by atoms with Crippen LogP contribution >= 0.6 is 11.6 Å². The third-order valence-electron chi connectivity index (χ3n) is 2.33. The lowest BCUT2D eigenvalue weighted by atomic mass is 10.2. The van der Waals surface area contributed by atoms with Crippen LogP contribution in [0.2, 0.25) is 5.02 Å². The highest BCUT2D eigenvalue weighted by atomic mass is 35.5. The number of sulfonamides is 1. The van der Waals surface area contributed by atoms with Gasteiger partial charge in [0.15, 0.2) is 5.82 Å². The van der Waals surface area contributed by atoms with Gasteiger partial charge in [0.05, 0.1) is 5.02 Å². The van der Waals surface area contributed by atoms with Crippen LogP contribution in [0.3, 0.4) is 0 Å². The van der Waals surface area contributed by atoms with Gasteiger partial charge in [-0.3, -0.25) is 4.72 Å². The van der Waals surface area contributed by atoms with E-state index in [1.54, 1.807) is 12.1 Å². The van der Waals surface area contributed by atoms with Crippen molar-refractivity contribution >= 4 is 27.4 Å². The first-order chi connectivity index (χ1) is 9.03. The summed E-state index contributed by atoms with van der Waals surface area (Å²) in [5.41, 5.74) is 6.21. The van der Waals surface area contributed by atoms with Crippen molar-refractivity contribution in [1.29, 1.82) is 0 Å². The molecule has 0 aliphatic carbocycles. The molecular weight excluding hydrogens is 288 g/mol. The lowest BCUT2D eigenvalue weighted by Crippen LogP contribution is -2.15. The Kier molecular flexibility index (Phi) is 3.98. The summed E-state index contributed by atoms with van der Waals surface area (Å²) in [6, 6.07) is 7.60. The van der Waals surface area contributed by atoms with Crippen LogP contribution in [0, 0.1) is 0 Å². The van der Waals surface area contributed by atoms with Crippen LogP contribution in [0.5, 0.6) is 0 Å². The Balaban J connectivity index is 2.35. The summed E-state index contributed by atoms with van der Waals surface area (Å²) in [5, 5.41) is 7.35. The number of anilines is 1. The van der Waals surface area contributed by atoms with Crippen molar-refractivity contribution in [3.63, 3.8) is 0 Å². The summed E-state index contributed by atoms with van der Waals surface area (Å²) < 4.78 is 26.6. The molecule has 0 saturated carbocycles. The molecule has 6 nitrogen and oxygen atoms in total. The minimum atomic E-state index is -3.79. The molecule has 0 aliphatic rings. The van der Waals surface area contributed by atoms with Gasteiger partial charge in [0.1, 0.15) is 4.90 Å². The number of rotatable bonds is 4. The predicted octanol–water partition coefficient (Wildman–Crippen LogP) is 1.39. The molecule has 1 heterocycles. The quantitative estimate of drug-likeness (QED) is 0.889. The van der Waals surface area contributed by atoms with Gasteiger partial charge in [-0.25, -0.2) is 8.42 Å². The van der Waals surface area contributed by atoms with Gasteiger partial charge in [-0.15, -0.1) is 5.10 Å². The summed E-state index contributed by atoms with van der Waals surface area (Å²) in [4.78, 5) is -0.0305. The summed E-state index contributed by atoms with van der Waals surface area (Å²) >= 11 is 5.95. The third-order valence-corrected chi connectivity index (χ3v) is 4.17. The van der Waals surface area contributed by atoms with Crippen LogP contribution in [-0.4, -0.2) is 18.6 Å². The number of aromatic nitrogens is 2. The summed E-state index contributed by atoms with van der Waals surface area (Å²) in [6.07, 6.45) is 1.45. The van der Waals surface area contributed by atoms with E-state index in [0.717, 1.165) is 5.56 Å². The largest absolute Gasteiger partial charge is 0.326 e. The van der Waals surface area contributed by atoms with Crippen LogP contribution < -0.4 is 10.5 Å². The molecule has 0 spiro atoms. The average Bonchev–Trinajstić information content (AvgIpc) is 2.38. The fourth-order valence-electron chi connectivity index (χ4n) is 1.44. The van der Waals surface area contributed by atoms with Gasteiger partial charge in [0.2, 0.25) is 0 Å². The first-order valence-corrected chi connectivity index (χ1v) is 7.18. The maximum atomic E-state index is 12.1. The summed E-state index contributed by atoms with van der Waals surface area (Å²) in [6.45, 7) is 0.289. The van der Waals surface area contributed by atoms with E-state index in [1.807, 2.05) is 0 Å². The third kappa shape index (κ3) is 3.19. The Hall–Kier alpha value is -1.70. The molecule has 0 radical (unpaired) electrons. The number of nitrogens with zero attached hydrogens (tertiary/aromatic N) is 2. The van der Waals surface area contributed by atoms with Crippen molar-refractivity contribution in [2.24, 2.45) is 5.73 Å². The number of nitrogens with two attached hydrogens (primary N) is 1. The van der Waals surface area contributed by atoms with E-state index in [9.17, 15) is 8.42 Å². The maximum absolute atomic E-state index is 12.1. The summed E-state index contributed by atoms with van der Waals surface area (Å²) in [5.74, 6) is 0.126. The second-order valence-corrected chi connectivity index (χ2v) is 5.74. The zero-order chi connectivity index (χ0) is 13.9. The molecule has 0 atom stereocenters. The van der Waals surface area contributed by atoms with Crippen LogP contribution in [0.15, 0.2) is 41.4 Å². The second kappa shape index (κ2) is 5.52. The van der Waals surface area contributed by atoms with Gasteiger partial charge in [-0.1, -0.05) is 17.7 Å². The molecule has 0 bridgehead atoms. The highest BCUT2D eigenvalue weighted by Crippen LogP contribution is 2.24. The lowest BCUT2D eigenvalue weighted by Gasteiger charge is -2.09. The Morgan fingerprint density at radius 3 is 2.68 bits per heavy atom. The minimum Gasteiger partial charge on any atom is -0.326 e. The molecule has 0 saturated heterocycles. The molecular formula is C11H11ClN4O2S. The first-order valence-electron chi connectivity index (χ1n) is 5.32. The van der Waals surface area contributed by atoms with Gasteiger partial charge in [-0.05, 0) is 29.8 Å². The molecule has 100 valence electrons. The van der Waals surface area contributed by atoms with E-state index in [2.05, 4.69) is 14.9 Å². The van der Waals surface area contributed by atoms with Gasteiger partial charge < -0.3 is 5.73 Å². The Morgan fingerprint density at radius 1 is 1.32 bits per heavy atom. The first kappa shape index (κ1) is 13.7. The van der Waals surface area contributed by atoms with Crippen molar-refractivity contribution in [2.75, 3.05) is 4.72 Å². The molecule has 19 heavy (non-hydrogen) atoms. The Bertz CT molecular complexity index is 676. The average molecular weight is 299 g/mol. The van der Waals surface area contributed by atoms with Crippen LogP contribution in [0.25, 0.3) is 0 Å². The topological polar surface area (TPSA) is 98.0 Å². The van der Waals surface area contributed by atoms with Gasteiger partial charge in [0.25, 0.3) is 10.0 Å². The smallest absolute Gasteiger partial charge is 0.264 e. The van der Waals surface area contributed by atoms with E-state index in [1.165, 1.54) is 24.4 Å². The zero-order valence-electron chi connectivity index (χ0n) is 9.75. The van der Waals surface area contributed by atoms with E-state index in [4.69, 9.17) is 17.3 Å². The standard InChI is InChI=1S/C11H11ClN4O2S/c12-9-6-8(7-13)3-4-10(9)19(17,18)16-11-2-1-5-14-15-11/h1-6H,7,13H2,(H,15,16). The normalized spacial score (nSPS) is 11.3. The molecule has 0 aliphatic heterocycles. The monoisotopic (exact) mass is 298 g/mol. The second-order valence-electron chi connectivity index (χ2n) is 3.68. The number of benzene rings is 1. The molecule has 2 aromatic rings. The predicted molar refractivity (Wildman–Crippen MR) is 72.2 cm³/mol. The molecule has 8 heteroatoms. The number of nitrogens with one attached hydrogen (secondary N) is 1. The van der Waals surface area contributed by atoms with E-state index < -0.39 is 10.0 Å². The van der Waals surface area contributed by atoms with Gasteiger partial charge in [0, 0.05) is 12.7 Å². The number of halogens is 1. The molecule has 0 amide bonds. The molecule has 1 aromatic carbocycles. The summed E-state index contributed by atoms with van der Waals surface area (Å²) in [7, 11) is -3.79. The van der Waals surface area contributed by atoms with Crippen molar-refractivity contribution in [1.82, 2.24) is 10.2 Å². The lowest BCUT2D eigenvalue weighted by molar-refractivity contribution is 0.601. The van der Waals surface area contributed by atoms with Crippen LogP contribution in [0.4, 0.5) is 5.82 Å². The Labute approximate surface area is 115 Å². The molecule has 0 fully saturated rings. The Morgan fingerprint density at radius 2 is 2.11 bits per heavy atom. The zero-order valence-corrected chi connectivity index (χ0v) is 11.3. The number of hydrogen-bond donors (Lipinski definition) is 2. The fourth-order valence-corrected chi connectivity index (χ4v) is 3.00. The molecule has 2 rings (SSSR count). The highest BCUT2D eigenvalue weighted by molar-refractivity contribution is 7.92. The van der Waals surface area contributed by atoms with Crippen LogP contribution in [-0.2, 0) is 16.6 Å². The van der Waals surface area contributed by atoms with Crippen molar-refractivity contribution in [2.45, 2.75) is 11.4 Å². The van der Waals surface area contributed by atoms with E-state index >= 15 is 0 Å². The van der Waals surface area contributed by atoms with Crippen molar-refractivity contribution in [3.05, 3.63) is 47.1 Å². The van der Waals surface area contributed by atoms with Crippen LogP contribution in [0.1, 0.15) is 5.56 Å². The van der Waals surface area contributed by atoms with Crippen molar-refractivity contribution in [3.8, 4) is 0 Å². The van der Waals surface area contributed by atoms with Crippen molar-refractivity contribution < 1.29 is 8.42 Å². The highest BCUT2D eigenvalue weighted by Gasteiger charge is 2.18. The molecule has 1 aromatic heterocycles. The maximum Gasteiger partial charge on any atom is 0.264 e. The van der Waals surface area contributed by atoms with Gasteiger partial charge in [-0.2, -0.15) is 5.10 Å². The number of hydrogen-bond acceptors (Lipinski definition) is 5. The fraction of sp³-hybridized carbons (Fsp3) is 0.0909. The SMILES string of the molecule is NCc1ccc(S(=O)(=O)Nc2cccnn2)c(Cl)c1. The van der Waals surface area contributed by atoms with Gasteiger partial charge >= 0.3 is 0 Å². The van der Waals surface area contributed by atoms with E-state index in [-0.39, 0.29) is 22.3 Å². The minimum absolute atomic E-state index is 0.0305. The molecule has 3 N–H and O–H groups in total. The van der Waals surface area contributed by atoms with E-state index in [0.29, 0.717) is 0 Å².